The molecule has 0 bridgehead atoms. The van der Waals surface area contributed by atoms with Gasteiger partial charge in [-0.15, -0.1) is 0 Å². The number of halogens is 1. The minimum absolute atomic E-state index is 0.0360. The number of rotatable bonds is 6. The summed E-state index contributed by atoms with van der Waals surface area (Å²) < 4.78 is 6.03. The average Bonchev–Trinajstić information content (AvgIpc) is 3.14. The summed E-state index contributed by atoms with van der Waals surface area (Å²) in [7, 11) is 5.66. The minimum atomic E-state index is -0.494. The number of H-pyrrole nitrogens is 1. The standard InChI is InChI=1S/C21H24ClN5O2/c1-24-21(23)26-20(28)17-10-15-16(22)7-8-18(19(15)25-17)29-12-14-6-4-5-13(9-14)11-27(2)3/h4-10,25H,11-12H2,1-3H3,(H3,23,24,26,28). The van der Waals surface area contributed by atoms with Crippen molar-refractivity contribution in [1.29, 1.82) is 0 Å². The SMILES string of the molecule is CNC(N)=NC(=O)c1cc2c(Cl)ccc(OCc3cccc(CN(C)C)c3)c2[nH]1. The molecule has 1 heterocycles. The van der Waals surface area contributed by atoms with Gasteiger partial charge in [0.2, 0.25) is 0 Å². The van der Waals surface area contributed by atoms with Gasteiger partial charge in [0.15, 0.2) is 5.96 Å². The number of nitrogens with two attached hydrogens (primary N) is 1. The van der Waals surface area contributed by atoms with Crippen LogP contribution in [0.15, 0.2) is 47.5 Å². The summed E-state index contributed by atoms with van der Waals surface area (Å²) in [4.78, 5) is 21.2. The van der Waals surface area contributed by atoms with Crippen LogP contribution in [-0.4, -0.2) is 42.9 Å². The van der Waals surface area contributed by atoms with E-state index in [1.807, 2.05) is 26.2 Å². The Kier molecular flexibility index (Phi) is 6.41. The van der Waals surface area contributed by atoms with Crippen LogP contribution in [0.5, 0.6) is 5.75 Å². The number of amides is 1. The lowest BCUT2D eigenvalue weighted by atomic mass is 10.1. The highest BCUT2D eigenvalue weighted by atomic mass is 35.5. The molecule has 8 heteroatoms. The number of aromatic nitrogens is 1. The lowest BCUT2D eigenvalue weighted by Gasteiger charge is -2.12. The van der Waals surface area contributed by atoms with Gasteiger partial charge in [0.25, 0.3) is 5.91 Å². The molecule has 0 spiro atoms. The first kappa shape index (κ1) is 20.7. The van der Waals surface area contributed by atoms with Crippen LogP contribution >= 0.6 is 11.6 Å². The van der Waals surface area contributed by atoms with Crippen molar-refractivity contribution in [1.82, 2.24) is 15.2 Å². The molecule has 0 radical (unpaired) electrons. The van der Waals surface area contributed by atoms with Gasteiger partial charge in [0, 0.05) is 19.0 Å². The van der Waals surface area contributed by atoms with Crippen molar-refractivity contribution in [3.63, 3.8) is 0 Å². The second-order valence-corrected chi connectivity index (χ2v) is 7.32. The fourth-order valence-corrected chi connectivity index (χ4v) is 3.18. The zero-order valence-electron chi connectivity index (χ0n) is 16.6. The lowest BCUT2D eigenvalue weighted by Crippen LogP contribution is -2.28. The Labute approximate surface area is 174 Å². The summed E-state index contributed by atoms with van der Waals surface area (Å²) in [5.41, 5.74) is 8.76. The number of nitrogens with zero attached hydrogens (tertiary/aromatic N) is 2. The number of aromatic amines is 1. The molecule has 3 aromatic rings. The first-order chi connectivity index (χ1) is 13.9. The molecule has 3 rings (SSSR count). The molecule has 29 heavy (non-hydrogen) atoms. The Morgan fingerprint density at radius 3 is 2.72 bits per heavy atom. The number of aliphatic imine (C=N–C) groups is 1. The number of ether oxygens (including phenoxy) is 1. The van der Waals surface area contributed by atoms with Gasteiger partial charge >= 0.3 is 0 Å². The summed E-state index contributed by atoms with van der Waals surface area (Å²) in [6, 6.07) is 13.4. The number of hydrogen-bond acceptors (Lipinski definition) is 3. The van der Waals surface area contributed by atoms with E-state index in [0.717, 1.165) is 12.1 Å². The van der Waals surface area contributed by atoms with Gasteiger partial charge in [-0.1, -0.05) is 35.9 Å². The van der Waals surface area contributed by atoms with E-state index in [1.165, 1.54) is 5.56 Å². The fraction of sp³-hybridized carbons (Fsp3) is 0.238. The molecule has 1 amide bonds. The third kappa shape index (κ3) is 5.07. The van der Waals surface area contributed by atoms with Crippen molar-refractivity contribution in [3.8, 4) is 5.75 Å². The van der Waals surface area contributed by atoms with E-state index in [1.54, 1.807) is 25.2 Å². The van der Waals surface area contributed by atoms with Gasteiger partial charge in [-0.05, 0) is 43.4 Å². The maximum absolute atomic E-state index is 12.3. The van der Waals surface area contributed by atoms with Gasteiger partial charge in [0.1, 0.15) is 18.1 Å². The van der Waals surface area contributed by atoms with Crippen LogP contribution < -0.4 is 15.8 Å². The van der Waals surface area contributed by atoms with Gasteiger partial charge in [0.05, 0.1) is 10.5 Å². The van der Waals surface area contributed by atoms with Crippen molar-refractivity contribution in [2.24, 2.45) is 10.7 Å². The summed E-state index contributed by atoms with van der Waals surface area (Å²) in [5, 5.41) is 3.82. The molecule has 0 saturated carbocycles. The van der Waals surface area contributed by atoms with Gasteiger partial charge < -0.3 is 25.7 Å². The highest BCUT2D eigenvalue weighted by Gasteiger charge is 2.15. The number of fused-ring (bicyclic) bond motifs is 1. The predicted molar refractivity (Wildman–Crippen MR) is 116 cm³/mol. The maximum Gasteiger partial charge on any atom is 0.296 e. The molecule has 0 atom stereocenters. The smallest absolute Gasteiger partial charge is 0.296 e. The average molecular weight is 414 g/mol. The van der Waals surface area contributed by atoms with E-state index in [0.29, 0.717) is 28.3 Å². The van der Waals surface area contributed by atoms with Crippen molar-refractivity contribution in [3.05, 3.63) is 64.3 Å². The summed E-state index contributed by atoms with van der Waals surface area (Å²) >= 11 is 6.30. The quantitative estimate of drug-likeness (QED) is 0.426. The molecule has 7 nitrogen and oxygen atoms in total. The molecule has 152 valence electrons. The first-order valence-corrected chi connectivity index (χ1v) is 9.48. The predicted octanol–water partition coefficient (Wildman–Crippen LogP) is 3.14. The second kappa shape index (κ2) is 8.98. The van der Waals surface area contributed by atoms with Crippen LogP contribution in [-0.2, 0) is 13.2 Å². The molecule has 0 aliphatic rings. The highest BCUT2D eigenvalue weighted by molar-refractivity contribution is 6.35. The third-order valence-corrected chi connectivity index (χ3v) is 4.63. The van der Waals surface area contributed by atoms with Crippen LogP contribution in [0.3, 0.4) is 0 Å². The third-order valence-electron chi connectivity index (χ3n) is 4.30. The number of nitrogens with one attached hydrogen (secondary N) is 2. The normalized spacial score (nSPS) is 11.8. The number of hydrogen-bond donors (Lipinski definition) is 3. The topological polar surface area (TPSA) is 95.7 Å². The first-order valence-electron chi connectivity index (χ1n) is 9.10. The van der Waals surface area contributed by atoms with Gasteiger partial charge in [-0.25, -0.2) is 0 Å². The van der Waals surface area contributed by atoms with Crippen LogP contribution in [0.25, 0.3) is 10.9 Å². The summed E-state index contributed by atoms with van der Waals surface area (Å²) in [6.45, 7) is 1.25. The molecular formula is C21H24ClN5O2. The molecule has 1 aromatic heterocycles. The molecule has 4 N–H and O–H groups in total. The Morgan fingerprint density at radius 1 is 1.24 bits per heavy atom. The Bertz CT molecular complexity index is 1060. The fourth-order valence-electron chi connectivity index (χ4n) is 2.96. The van der Waals surface area contributed by atoms with E-state index < -0.39 is 5.91 Å². The Hall–Kier alpha value is -3.03. The van der Waals surface area contributed by atoms with E-state index in [4.69, 9.17) is 22.1 Å². The van der Waals surface area contributed by atoms with Crippen LogP contribution in [0.2, 0.25) is 5.02 Å². The van der Waals surface area contributed by atoms with Gasteiger partial charge in [-0.2, -0.15) is 4.99 Å². The van der Waals surface area contributed by atoms with Crippen molar-refractivity contribution < 1.29 is 9.53 Å². The van der Waals surface area contributed by atoms with Crippen LogP contribution in [0.1, 0.15) is 21.6 Å². The molecule has 0 unspecified atom stereocenters. The van der Waals surface area contributed by atoms with Gasteiger partial charge in [-0.3, -0.25) is 4.79 Å². The Balaban J connectivity index is 1.85. The second-order valence-electron chi connectivity index (χ2n) is 6.92. The Morgan fingerprint density at radius 2 is 2.00 bits per heavy atom. The molecule has 2 aromatic carbocycles. The number of carbonyl (C=O) groups excluding carboxylic acids is 1. The highest BCUT2D eigenvalue weighted by Crippen LogP contribution is 2.32. The van der Waals surface area contributed by atoms with E-state index in [9.17, 15) is 4.79 Å². The van der Waals surface area contributed by atoms with Crippen molar-refractivity contribution in [2.45, 2.75) is 13.2 Å². The van der Waals surface area contributed by atoms with Crippen molar-refractivity contribution >= 4 is 34.4 Å². The van der Waals surface area contributed by atoms with E-state index >= 15 is 0 Å². The number of benzene rings is 2. The number of carbonyl (C=O) groups is 1. The molecule has 0 fully saturated rings. The molecule has 0 aliphatic carbocycles. The molecule has 0 aliphatic heterocycles. The van der Waals surface area contributed by atoms with Crippen LogP contribution in [0.4, 0.5) is 0 Å². The molecular weight excluding hydrogens is 390 g/mol. The summed E-state index contributed by atoms with van der Waals surface area (Å²) in [5.74, 6) is 0.146. The number of guanidine groups is 1. The zero-order valence-corrected chi connectivity index (χ0v) is 17.4. The maximum atomic E-state index is 12.3. The van der Waals surface area contributed by atoms with E-state index in [-0.39, 0.29) is 11.7 Å². The van der Waals surface area contributed by atoms with E-state index in [2.05, 4.69) is 32.3 Å². The lowest BCUT2D eigenvalue weighted by molar-refractivity contribution is 0.0998. The zero-order chi connectivity index (χ0) is 21.0. The van der Waals surface area contributed by atoms with Crippen LogP contribution in [0, 0.1) is 0 Å². The molecule has 0 saturated heterocycles. The van der Waals surface area contributed by atoms with Crippen molar-refractivity contribution in [2.75, 3.05) is 21.1 Å². The minimum Gasteiger partial charge on any atom is -0.487 e. The monoisotopic (exact) mass is 413 g/mol. The largest absolute Gasteiger partial charge is 0.487 e. The summed E-state index contributed by atoms with van der Waals surface area (Å²) in [6.07, 6.45) is 0.